The molecule has 0 unspecified atom stereocenters. The molecule has 38 heavy (non-hydrogen) atoms. The maximum atomic E-state index is 13.9. The highest BCUT2D eigenvalue weighted by Gasteiger charge is 2.32. The summed E-state index contributed by atoms with van der Waals surface area (Å²) in [5.41, 5.74) is 4.08. The first kappa shape index (κ1) is 26.0. The van der Waals surface area contributed by atoms with Crippen molar-refractivity contribution in [1.29, 1.82) is 0 Å². The molecule has 5 rings (SSSR count). The summed E-state index contributed by atoms with van der Waals surface area (Å²) in [4.78, 5) is 41.4. The number of nitrogens with one attached hydrogen (secondary N) is 2. The lowest BCUT2D eigenvalue weighted by atomic mass is 9.98. The molecule has 2 aromatic carbocycles. The molecule has 4 aromatic rings. The number of H-pyrrole nitrogens is 1. The van der Waals surface area contributed by atoms with Crippen molar-refractivity contribution in [2.75, 3.05) is 5.32 Å². The zero-order chi connectivity index (χ0) is 27.1. The van der Waals surface area contributed by atoms with Gasteiger partial charge in [-0.25, -0.2) is 14.5 Å². The van der Waals surface area contributed by atoms with Gasteiger partial charge in [0, 0.05) is 40.7 Å². The smallest absolute Gasteiger partial charge is 0.263 e. The van der Waals surface area contributed by atoms with Crippen molar-refractivity contribution >= 4 is 35.1 Å². The van der Waals surface area contributed by atoms with Crippen LogP contribution in [0.2, 0.25) is 10.0 Å². The molecule has 0 radical (unpaired) electrons. The van der Waals surface area contributed by atoms with E-state index in [0.29, 0.717) is 44.9 Å². The van der Waals surface area contributed by atoms with Crippen molar-refractivity contribution in [2.24, 2.45) is 0 Å². The van der Waals surface area contributed by atoms with Crippen LogP contribution in [0.1, 0.15) is 48.1 Å². The molecule has 0 saturated carbocycles. The fourth-order valence-electron chi connectivity index (χ4n) is 4.65. The summed E-state index contributed by atoms with van der Waals surface area (Å²) in [6.07, 6.45) is 2.17. The number of carbonyl (C=O) groups excluding carboxylic acids is 1. The summed E-state index contributed by atoms with van der Waals surface area (Å²) >= 11 is 12.2. The molecule has 196 valence electrons. The van der Waals surface area contributed by atoms with E-state index >= 15 is 0 Å². The van der Waals surface area contributed by atoms with E-state index in [-0.39, 0.29) is 30.1 Å². The lowest BCUT2D eigenvalue weighted by Crippen LogP contribution is -2.46. The Labute approximate surface area is 230 Å². The number of carbonyl (C=O) groups is 1. The number of amides is 1. The Morgan fingerprint density at radius 1 is 1.13 bits per heavy atom. The average Bonchev–Trinajstić information content (AvgIpc) is 3.32. The van der Waals surface area contributed by atoms with Gasteiger partial charge in [-0.05, 0) is 76.6 Å². The van der Waals surface area contributed by atoms with Gasteiger partial charge in [0.05, 0.1) is 28.0 Å². The molecule has 0 fully saturated rings. The van der Waals surface area contributed by atoms with Crippen molar-refractivity contribution in [3.63, 3.8) is 0 Å². The summed E-state index contributed by atoms with van der Waals surface area (Å²) in [5.74, 6) is 1.02. The zero-order valence-electron chi connectivity index (χ0n) is 21.5. The van der Waals surface area contributed by atoms with Gasteiger partial charge < -0.3 is 15.2 Å². The predicted molar refractivity (Wildman–Crippen MR) is 150 cm³/mol. The highest BCUT2D eigenvalue weighted by molar-refractivity contribution is 6.42. The number of hydrogen-bond acceptors (Lipinski definition) is 5. The van der Waals surface area contributed by atoms with E-state index in [9.17, 15) is 9.59 Å². The quantitative estimate of drug-likeness (QED) is 0.335. The predicted octanol–water partition coefficient (Wildman–Crippen LogP) is 5.65. The molecule has 1 aliphatic rings. The molecule has 0 bridgehead atoms. The monoisotopic (exact) mass is 550 g/mol. The zero-order valence-corrected chi connectivity index (χ0v) is 23.1. The minimum Gasteiger partial charge on any atom is -0.353 e. The molecule has 0 aliphatic carbocycles. The third-order valence-electron chi connectivity index (χ3n) is 6.56. The van der Waals surface area contributed by atoms with Crippen molar-refractivity contribution < 1.29 is 4.79 Å². The maximum Gasteiger partial charge on any atom is 0.263 e. The number of anilines is 1. The van der Waals surface area contributed by atoms with Crippen molar-refractivity contribution in [3.8, 4) is 17.1 Å². The van der Waals surface area contributed by atoms with E-state index in [4.69, 9.17) is 28.2 Å². The molecule has 1 atom stereocenters. The number of halogens is 2. The Balaban J connectivity index is 1.53. The number of imidazole rings is 1. The first-order valence-electron chi connectivity index (χ1n) is 12.4. The van der Waals surface area contributed by atoms with Crippen molar-refractivity contribution in [3.05, 3.63) is 91.6 Å². The average molecular weight is 551 g/mol. The lowest BCUT2D eigenvalue weighted by molar-refractivity contribution is 0.0653. The van der Waals surface area contributed by atoms with Gasteiger partial charge in [0.25, 0.3) is 11.5 Å². The number of aryl methyl sites for hydroxylation is 1. The van der Waals surface area contributed by atoms with Gasteiger partial charge >= 0.3 is 0 Å². The number of fused-ring (bicyclic) bond motifs is 1. The van der Waals surface area contributed by atoms with Gasteiger partial charge in [-0.1, -0.05) is 23.2 Å². The fraction of sp³-hybridized carbons (Fsp3) is 0.286. The van der Waals surface area contributed by atoms with Gasteiger partial charge in [-0.15, -0.1) is 0 Å². The largest absolute Gasteiger partial charge is 0.353 e. The molecular formula is C28H28Cl2N6O2. The molecule has 1 amide bonds. The second-order valence-corrected chi connectivity index (χ2v) is 10.7. The Hall–Kier alpha value is -3.62. The van der Waals surface area contributed by atoms with Crippen LogP contribution in [0.4, 0.5) is 5.95 Å². The van der Waals surface area contributed by atoms with Gasteiger partial charge in [-0.3, -0.25) is 9.59 Å². The second kappa shape index (κ2) is 10.3. The summed E-state index contributed by atoms with van der Waals surface area (Å²) < 4.78 is 1.61. The normalized spacial score (nSPS) is 15.0. The number of rotatable bonds is 5. The lowest BCUT2D eigenvalue weighted by Gasteiger charge is -2.34. The number of aromatic amines is 1. The number of hydrogen-bond donors (Lipinski definition) is 2. The molecule has 2 aromatic heterocycles. The minimum atomic E-state index is -0.208. The number of nitrogens with zero attached hydrogens (tertiary/aromatic N) is 4. The molecule has 2 N–H and O–H groups in total. The number of aromatic nitrogens is 4. The van der Waals surface area contributed by atoms with E-state index in [2.05, 4.69) is 15.3 Å². The van der Waals surface area contributed by atoms with Crippen molar-refractivity contribution in [2.45, 2.75) is 52.7 Å². The topological polar surface area (TPSA) is 95.9 Å². The Kier molecular flexibility index (Phi) is 7.03. The molecular weight excluding hydrogens is 523 g/mol. The van der Waals surface area contributed by atoms with E-state index in [1.54, 1.807) is 33.9 Å². The third-order valence-corrected chi connectivity index (χ3v) is 7.30. The Morgan fingerprint density at radius 2 is 1.87 bits per heavy atom. The van der Waals surface area contributed by atoms with Crippen LogP contribution in [-0.2, 0) is 13.0 Å². The van der Waals surface area contributed by atoms with Crippen molar-refractivity contribution in [1.82, 2.24) is 24.4 Å². The van der Waals surface area contributed by atoms with E-state index in [1.165, 1.54) is 0 Å². The fourth-order valence-corrected chi connectivity index (χ4v) is 4.95. The summed E-state index contributed by atoms with van der Waals surface area (Å²) in [7, 11) is 0. The van der Waals surface area contributed by atoms with Crippen LogP contribution in [0.25, 0.3) is 17.1 Å². The van der Waals surface area contributed by atoms with Crippen LogP contribution >= 0.6 is 23.2 Å². The second-order valence-electron chi connectivity index (χ2n) is 9.88. The van der Waals surface area contributed by atoms with Gasteiger partial charge in [-0.2, -0.15) is 0 Å². The first-order chi connectivity index (χ1) is 18.1. The highest BCUT2D eigenvalue weighted by atomic mass is 35.5. The Morgan fingerprint density at radius 3 is 2.50 bits per heavy atom. The van der Waals surface area contributed by atoms with E-state index < -0.39 is 0 Å². The van der Waals surface area contributed by atoms with E-state index in [0.717, 1.165) is 17.1 Å². The van der Waals surface area contributed by atoms with Gasteiger partial charge in [0.15, 0.2) is 0 Å². The SMILES string of the molecule is Cc1cnc(-c2ccc(-n3c(NC(C)C)nc4c(c3=O)C[C@@H](C)N(C(=O)c3ccc(Cl)c(Cl)c3)C4)cc2)[nH]1. The van der Waals surface area contributed by atoms with Gasteiger partial charge in [0.2, 0.25) is 5.95 Å². The summed E-state index contributed by atoms with van der Waals surface area (Å²) in [6, 6.07) is 12.3. The highest BCUT2D eigenvalue weighted by Crippen LogP contribution is 2.28. The molecule has 0 saturated heterocycles. The first-order valence-corrected chi connectivity index (χ1v) is 13.2. The molecule has 8 nitrogen and oxygen atoms in total. The minimum absolute atomic E-state index is 0.0352. The summed E-state index contributed by atoms with van der Waals surface area (Å²) in [5, 5.41) is 4.02. The van der Waals surface area contributed by atoms with Crippen LogP contribution in [0.15, 0.2) is 53.5 Å². The third kappa shape index (κ3) is 4.93. The van der Waals surface area contributed by atoms with Crippen LogP contribution in [-0.4, -0.2) is 42.4 Å². The molecule has 1 aliphatic heterocycles. The number of benzene rings is 2. The van der Waals surface area contributed by atoms with Crippen LogP contribution in [0.5, 0.6) is 0 Å². The van der Waals surface area contributed by atoms with Crippen LogP contribution in [0, 0.1) is 6.92 Å². The van der Waals surface area contributed by atoms with Crippen LogP contribution in [0.3, 0.4) is 0 Å². The van der Waals surface area contributed by atoms with E-state index in [1.807, 2.05) is 52.0 Å². The Bertz CT molecular complexity index is 1580. The standard InChI is InChI=1S/C28H28Cl2N6O2/c1-15(2)32-28-34-24-14-35(26(37)19-7-10-22(29)23(30)12-19)17(4)11-21(24)27(38)36(28)20-8-5-18(6-9-20)25-31-13-16(3)33-25/h5-10,12-13,15,17H,11,14H2,1-4H3,(H,31,33)(H,32,34)/t17-/m1/s1. The maximum absolute atomic E-state index is 13.9. The van der Waals surface area contributed by atoms with Crippen LogP contribution < -0.4 is 10.9 Å². The summed E-state index contributed by atoms with van der Waals surface area (Å²) in [6.45, 7) is 8.08. The molecule has 0 spiro atoms. The molecule has 10 heteroatoms. The molecule has 3 heterocycles. The van der Waals surface area contributed by atoms with Gasteiger partial charge in [0.1, 0.15) is 5.82 Å².